The van der Waals surface area contributed by atoms with Crippen molar-refractivity contribution >= 4 is 29.9 Å². The normalized spacial score (nSPS) is 21.9. The highest BCUT2D eigenvalue weighted by Crippen LogP contribution is 2.30. The van der Waals surface area contributed by atoms with Crippen molar-refractivity contribution in [2.45, 2.75) is 70.5 Å². The van der Waals surface area contributed by atoms with Crippen LogP contribution in [-0.2, 0) is 9.47 Å². The second-order valence-electron chi connectivity index (χ2n) is 7.29. The molecule has 0 spiro atoms. The minimum atomic E-state index is -0.724. The zero-order valence-electron chi connectivity index (χ0n) is 16.5. The predicted octanol–water partition coefficient (Wildman–Crippen LogP) is 2.69. The Bertz CT molecular complexity index is 397. The Hall–Kier alpha value is -0.120. The summed E-state index contributed by atoms with van der Waals surface area (Å²) < 4.78 is 11.3. The molecule has 1 saturated heterocycles. The first-order valence-corrected chi connectivity index (χ1v) is 10.1. The van der Waals surface area contributed by atoms with Gasteiger partial charge in [-0.25, -0.2) is 0 Å². The summed E-state index contributed by atoms with van der Waals surface area (Å²) in [5.41, 5.74) is -0.724. The zero-order chi connectivity index (χ0) is 18.0. The van der Waals surface area contributed by atoms with E-state index >= 15 is 0 Å². The smallest absolute Gasteiger partial charge is 0.191 e. The average Bonchev–Trinajstić information content (AvgIpc) is 3.14. The molecule has 1 heterocycles. The Morgan fingerprint density at radius 1 is 1.23 bits per heavy atom. The van der Waals surface area contributed by atoms with Gasteiger partial charge in [0.15, 0.2) is 5.96 Å². The molecule has 1 saturated carbocycles. The lowest BCUT2D eigenvalue weighted by Gasteiger charge is -2.30. The van der Waals surface area contributed by atoms with Gasteiger partial charge in [0.25, 0.3) is 0 Å². The van der Waals surface area contributed by atoms with Gasteiger partial charge < -0.3 is 25.2 Å². The summed E-state index contributed by atoms with van der Waals surface area (Å²) in [6.07, 6.45) is 7.95. The topological polar surface area (TPSA) is 75.1 Å². The lowest BCUT2D eigenvalue weighted by atomic mass is 9.95. The third kappa shape index (κ3) is 8.27. The molecule has 6 nitrogen and oxygen atoms in total. The summed E-state index contributed by atoms with van der Waals surface area (Å²) in [7, 11) is 0. The van der Waals surface area contributed by atoms with Gasteiger partial charge in [-0.15, -0.1) is 24.0 Å². The summed E-state index contributed by atoms with van der Waals surface area (Å²) in [5.74, 6) is 1.49. The van der Waals surface area contributed by atoms with Crippen LogP contribution in [0.5, 0.6) is 0 Å². The van der Waals surface area contributed by atoms with E-state index in [0.717, 1.165) is 32.1 Å². The Balaban J connectivity index is 0.00000338. The zero-order valence-corrected chi connectivity index (χ0v) is 18.8. The van der Waals surface area contributed by atoms with E-state index in [1.807, 2.05) is 0 Å². The van der Waals surface area contributed by atoms with E-state index in [2.05, 4.69) is 29.5 Å². The molecular weight excluding hydrogens is 445 g/mol. The highest BCUT2D eigenvalue weighted by molar-refractivity contribution is 14.0. The van der Waals surface area contributed by atoms with Gasteiger partial charge in [-0.2, -0.15) is 0 Å². The molecule has 0 aromatic rings. The summed E-state index contributed by atoms with van der Waals surface area (Å²) in [6, 6.07) is 0. The minimum Gasteiger partial charge on any atom is -0.388 e. The lowest BCUT2D eigenvalue weighted by molar-refractivity contribution is -0.0566. The number of aliphatic hydroxyl groups is 1. The monoisotopic (exact) mass is 483 g/mol. The van der Waals surface area contributed by atoms with Gasteiger partial charge in [0.1, 0.15) is 0 Å². The number of nitrogens with zero attached hydrogens (tertiary/aromatic N) is 1. The van der Waals surface area contributed by atoms with Crippen LogP contribution in [-0.4, -0.2) is 62.2 Å². The maximum Gasteiger partial charge on any atom is 0.191 e. The Morgan fingerprint density at radius 2 is 1.92 bits per heavy atom. The molecule has 2 fully saturated rings. The largest absolute Gasteiger partial charge is 0.388 e. The molecule has 0 aromatic carbocycles. The van der Waals surface area contributed by atoms with Gasteiger partial charge in [-0.05, 0) is 39.0 Å². The standard InChI is InChI=1S/C19H37N3O3.HI/c1-3-20-18(22-15-19(23)10-13-24-14-11-19)21-12-9-17(25-4-2)16-7-5-6-8-16;/h16-17,23H,3-15H2,1-2H3,(H2,20,21,22);1H. The van der Waals surface area contributed by atoms with Crippen LogP contribution in [0.4, 0.5) is 0 Å². The average molecular weight is 483 g/mol. The SMILES string of the molecule is CCNC(=NCC1(O)CCOCC1)NCCC(OCC)C1CCCC1.I. The molecule has 1 aliphatic carbocycles. The number of hydrogen-bond acceptors (Lipinski definition) is 4. The summed E-state index contributed by atoms with van der Waals surface area (Å²) in [4.78, 5) is 4.60. The van der Waals surface area contributed by atoms with Gasteiger partial charge in [0, 0.05) is 45.8 Å². The van der Waals surface area contributed by atoms with Crippen molar-refractivity contribution in [1.29, 1.82) is 0 Å². The van der Waals surface area contributed by atoms with Crippen LogP contribution in [0.1, 0.15) is 58.8 Å². The van der Waals surface area contributed by atoms with Crippen LogP contribution in [0.2, 0.25) is 0 Å². The van der Waals surface area contributed by atoms with Crippen molar-refractivity contribution in [2.75, 3.05) is 39.5 Å². The Kier molecular flexibility index (Phi) is 12.1. The molecule has 1 aliphatic heterocycles. The molecule has 0 radical (unpaired) electrons. The number of aliphatic imine (C=N–C) groups is 1. The van der Waals surface area contributed by atoms with Crippen LogP contribution < -0.4 is 10.6 Å². The second kappa shape index (κ2) is 13.1. The number of guanidine groups is 1. The van der Waals surface area contributed by atoms with Crippen molar-refractivity contribution in [2.24, 2.45) is 10.9 Å². The molecule has 154 valence electrons. The fourth-order valence-corrected chi connectivity index (χ4v) is 3.81. The molecule has 7 heteroatoms. The molecule has 0 aromatic heterocycles. The molecule has 3 N–H and O–H groups in total. The van der Waals surface area contributed by atoms with E-state index in [0.29, 0.717) is 44.6 Å². The van der Waals surface area contributed by atoms with E-state index in [-0.39, 0.29) is 24.0 Å². The summed E-state index contributed by atoms with van der Waals surface area (Å²) >= 11 is 0. The van der Waals surface area contributed by atoms with E-state index in [9.17, 15) is 5.11 Å². The van der Waals surface area contributed by atoms with E-state index in [4.69, 9.17) is 9.47 Å². The van der Waals surface area contributed by atoms with Crippen LogP contribution >= 0.6 is 24.0 Å². The summed E-state index contributed by atoms with van der Waals surface area (Å²) in [5, 5.41) is 17.2. The number of hydrogen-bond donors (Lipinski definition) is 3. The van der Waals surface area contributed by atoms with Crippen molar-refractivity contribution < 1.29 is 14.6 Å². The highest BCUT2D eigenvalue weighted by atomic mass is 127. The van der Waals surface area contributed by atoms with E-state index in [1.165, 1.54) is 25.7 Å². The van der Waals surface area contributed by atoms with Crippen LogP contribution in [0.25, 0.3) is 0 Å². The van der Waals surface area contributed by atoms with Crippen molar-refractivity contribution in [1.82, 2.24) is 10.6 Å². The predicted molar refractivity (Wildman–Crippen MR) is 116 cm³/mol. The second-order valence-corrected chi connectivity index (χ2v) is 7.29. The number of ether oxygens (including phenoxy) is 2. The first-order valence-electron chi connectivity index (χ1n) is 10.1. The molecule has 0 bridgehead atoms. The maximum absolute atomic E-state index is 10.6. The minimum absolute atomic E-state index is 0. The molecule has 26 heavy (non-hydrogen) atoms. The number of rotatable bonds is 9. The maximum atomic E-state index is 10.6. The number of nitrogens with one attached hydrogen (secondary N) is 2. The fraction of sp³-hybridized carbons (Fsp3) is 0.947. The van der Waals surface area contributed by atoms with Gasteiger partial charge in [-0.3, -0.25) is 4.99 Å². The van der Waals surface area contributed by atoms with E-state index in [1.54, 1.807) is 0 Å². The van der Waals surface area contributed by atoms with Crippen LogP contribution in [0.15, 0.2) is 4.99 Å². The molecule has 1 unspecified atom stereocenters. The third-order valence-corrected chi connectivity index (χ3v) is 5.33. The van der Waals surface area contributed by atoms with Gasteiger partial charge >= 0.3 is 0 Å². The number of halogens is 1. The highest BCUT2D eigenvalue weighted by Gasteiger charge is 2.29. The molecular formula is C19H38IN3O3. The molecule has 0 amide bonds. The molecule has 1 atom stereocenters. The molecule has 2 rings (SSSR count). The van der Waals surface area contributed by atoms with Crippen molar-refractivity contribution in [3.63, 3.8) is 0 Å². The van der Waals surface area contributed by atoms with Crippen LogP contribution in [0.3, 0.4) is 0 Å². The van der Waals surface area contributed by atoms with Gasteiger partial charge in [0.05, 0.1) is 18.2 Å². The third-order valence-electron chi connectivity index (χ3n) is 5.33. The van der Waals surface area contributed by atoms with Crippen molar-refractivity contribution in [3.05, 3.63) is 0 Å². The first kappa shape index (κ1) is 23.9. The van der Waals surface area contributed by atoms with Crippen LogP contribution in [0, 0.1) is 5.92 Å². The lowest BCUT2D eigenvalue weighted by Crippen LogP contribution is -2.43. The quantitative estimate of drug-likeness (QED) is 0.267. The fourth-order valence-electron chi connectivity index (χ4n) is 3.81. The Morgan fingerprint density at radius 3 is 2.54 bits per heavy atom. The first-order chi connectivity index (χ1) is 12.2. The Labute approximate surface area is 175 Å². The summed E-state index contributed by atoms with van der Waals surface area (Å²) in [6.45, 7) is 8.23. The van der Waals surface area contributed by atoms with Gasteiger partial charge in [0.2, 0.25) is 0 Å². The van der Waals surface area contributed by atoms with E-state index < -0.39 is 5.60 Å². The van der Waals surface area contributed by atoms with Gasteiger partial charge in [-0.1, -0.05) is 12.8 Å². The van der Waals surface area contributed by atoms with Crippen molar-refractivity contribution in [3.8, 4) is 0 Å². The molecule has 2 aliphatic rings.